The summed E-state index contributed by atoms with van der Waals surface area (Å²) >= 11 is 0. The topological polar surface area (TPSA) is 59.0 Å². The van der Waals surface area contributed by atoms with Crippen molar-refractivity contribution in [3.05, 3.63) is 36.0 Å². The molecule has 2 aromatic rings. The Bertz CT molecular complexity index is 738. The highest BCUT2D eigenvalue weighted by Crippen LogP contribution is 2.30. The third kappa shape index (κ3) is 2.96. The van der Waals surface area contributed by atoms with Gasteiger partial charge in [0.1, 0.15) is 0 Å². The van der Waals surface area contributed by atoms with Gasteiger partial charge in [0.05, 0.1) is 5.69 Å². The smallest absolute Gasteiger partial charge is 0.179 e. The molecule has 5 heteroatoms. The highest BCUT2D eigenvalue weighted by molar-refractivity contribution is 5.66. The standard InChI is InChI=1S/C19H23N5/c20-14-23-10-7-16(13-23)19-12-18(21-22-19)15-5-4-6-17(11-15)24-8-2-1-3-9-24/h4-6,11-12,16H,1-3,7-10,13H2,(H,21,22). The van der Waals surface area contributed by atoms with Gasteiger partial charge in [0.15, 0.2) is 6.19 Å². The first kappa shape index (κ1) is 15.1. The van der Waals surface area contributed by atoms with Gasteiger partial charge in [0, 0.05) is 49.0 Å². The van der Waals surface area contributed by atoms with Gasteiger partial charge in [-0.3, -0.25) is 5.10 Å². The van der Waals surface area contributed by atoms with Crippen LogP contribution >= 0.6 is 0 Å². The Morgan fingerprint density at radius 2 is 2.00 bits per heavy atom. The zero-order valence-electron chi connectivity index (χ0n) is 13.9. The van der Waals surface area contributed by atoms with E-state index >= 15 is 0 Å². The molecule has 1 atom stereocenters. The molecule has 1 N–H and O–H groups in total. The van der Waals surface area contributed by atoms with Crippen molar-refractivity contribution in [2.45, 2.75) is 31.6 Å². The average molecular weight is 321 g/mol. The molecule has 4 rings (SSSR count). The Kier molecular flexibility index (Phi) is 4.12. The van der Waals surface area contributed by atoms with Gasteiger partial charge in [-0.25, -0.2) is 0 Å². The van der Waals surface area contributed by atoms with Crippen molar-refractivity contribution in [3.63, 3.8) is 0 Å². The van der Waals surface area contributed by atoms with Crippen LogP contribution in [-0.2, 0) is 0 Å². The summed E-state index contributed by atoms with van der Waals surface area (Å²) in [7, 11) is 0. The van der Waals surface area contributed by atoms with Gasteiger partial charge in [0.2, 0.25) is 0 Å². The van der Waals surface area contributed by atoms with Crippen molar-refractivity contribution in [1.82, 2.24) is 15.1 Å². The number of hydrogen-bond acceptors (Lipinski definition) is 4. The molecule has 2 aliphatic heterocycles. The van der Waals surface area contributed by atoms with Gasteiger partial charge in [-0.2, -0.15) is 10.4 Å². The Balaban J connectivity index is 1.53. The largest absolute Gasteiger partial charge is 0.372 e. The number of rotatable bonds is 3. The molecule has 1 unspecified atom stereocenters. The number of piperidine rings is 1. The second kappa shape index (κ2) is 6.56. The van der Waals surface area contributed by atoms with Crippen molar-refractivity contribution < 1.29 is 0 Å². The molecule has 24 heavy (non-hydrogen) atoms. The Morgan fingerprint density at radius 1 is 1.12 bits per heavy atom. The number of nitrogens with one attached hydrogen (secondary N) is 1. The summed E-state index contributed by atoms with van der Waals surface area (Å²) in [4.78, 5) is 4.30. The maximum absolute atomic E-state index is 9.01. The molecule has 2 aliphatic rings. The second-order valence-corrected chi connectivity index (χ2v) is 6.84. The summed E-state index contributed by atoms with van der Waals surface area (Å²) in [5, 5.41) is 16.7. The number of benzene rings is 1. The number of aromatic nitrogens is 2. The van der Waals surface area contributed by atoms with E-state index < -0.39 is 0 Å². The molecule has 0 amide bonds. The van der Waals surface area contributed by atoms with E-state index in [1.807, 2.05) is 4.90 Å². The van der Waals surface area contributed by atoms with Gasteiger partial charge in [-0.15, -0.1) is 0 Å². The summed E-state index contributed by atoms with van der Waals surface area (Å²) in [6.45, 7) is 3.95. The summed E-state index contributed by atoms with van der Waals surface area (Å²) in [5.41, 5.74) is 4.61. The van der Waals surface area contributed by atoms with E-state index in [0.717, 1.165) is 49.6 Å². The van der Waals surface area contributed by atoms with E-state index in [-0.39, 0.29) is 0 Å². The number of aromatic amines is 1. The molecular weight excluding hydrogens is 298 g/mol. The minimum absolute atomic E-state index is 0.385. The van der Waals surface area contributed by atoms with Crippen LogP contribution < -0.4 is 4.90 Å². The third-order valence-corrected chi connectivity index (χ3v) is 5.23. The first-order chi connectivity index (χ1) is 11.8. The van der Waals surface area contributed by atoms with Crippen LogP contribution in [0.4, 0.5) is 5.69 Å². The molecule has 124 valence electrons. The lowest BCUT2D eigenvalue weighted by Crippen LogP contribution is -2.29. The van der Waals surface area contributed by atoms with Crippen molar-refractivity contribution in [1.29, 1.82) is 5.26 Å². The molecule has 2 fully saturated rings. The minimum Gasteiger partial charge on any atom is -0.372 e. The minimum atomic E-state index is 0.385. The van der Waals surface area contributed by atoms with Gasteiger partial charge < -0.3 is 9.80 Å². The lowest BCUT2D eigenvalue weighted by molar-refractivity contribution is 0.478. The van der Waals surface area contributed by atoms with Crippen molar-refractivity contribution in [3.8, 4) is 17.5 Å². The Labute approximate surface area is 142 Å². The number of nitrogens with zero attached hydrogens (tertiary/aromatic N) is 4. The molecular formula is C19H23N5. The molecule has 0 aliphatic carbocycles. The number of likely N-dealkylation sites (tertiary alicyclic amines) is 1. The molecule has 3 heterocycles. The van der Waals surface area contributed by atoms with E-state index in [4.69, 9.17) is 5.26 Å². The number of nitriles is 1. The van der Waals surface area contributed by atoms with Crippen LogP contribution in [0.2, 0.25) is 0 Å². The zero-order valence-corrected chi connectivity index (χ0v) is 13.9. The van der Waals surface area contributed by atoms with Crippen LogP contribution in [-0.4, -0.2) is 41.3 Å². The molecule has 0 saturated carbocycles. The molecule has 2 saturated heterocycles. The summed E-state index contributed by atoms with van der Waals surface area (Å²) in [6.07, 6.45) is 7.17. The predicted molar refractivity (Wildman–Crippen MR) is 94.6 cm³/mol. The van der Waals surface area contributed by atoms with E-state index in [1.165, 1.54) is 24.9 Å². The third-order valence-electron chi connectivity index (χ3n) is 5.23. The van der Waals surface area contributed by atoms with E-state index in [0.29, 0.717) is 5.92 Å². The Morgan fingerprint density at radius 3 is 2.79 bits per heavy atom. The zero-order chi connectivity index (χ0) is 16.4. The predicted octanol–water partition coefficient (Wildman–Crippen LogP) is 3.34. The fourth-order valence-corrected chi connectivity index (χ4v) is 3.81. The SMILES string of the molecule is N#CN1CCC(c2cc(-c3cccc(N4CCCCC4)c3)n[nH]2)C1. The molecule has 0 radical (unpaired) electrons. The normalized spacial score (nSPS) is 21.0. The maximum atomic E-state index is 9.01. The molecule has 1 aromatic carbocycles. The first-order valence-electron chi connectivity index (χ1n) is 8.89. The van der Waals surface area contributed by atoms with Gasteiger partial charge in [-0.05, 0) is 43.9 Å². The van der Waals surface area contributed by atoms with Crippen LogP contribution in [0.1, 0.15) is 37.3 Å². The number of hydrogen-bond donors (Lipinski definition) is 1. The van der Waals surface area contributed by atoms with E-state index in [9.17, 15) is 0 Å². The van der Waals surface area contributed by atoms with Crippen LogP contribution in [0, 0.1) is 11.5 Å². The van der Waals surface area contributed by atoms with Crippen molar-refractivity contribution in [2.24, 2.45) is 0 Å². The van der Waals surface area contributed by atoms with Crippen LogP contribution in [0.15, 0.2) is 30.3 Å². The highest BCUT2D eigenvalue weighted by Gasteiger charge is 2.24. The van der Waals surface area contributed by atoms with E-state index in [2.05, 4.69) is 51.6 Å². The molecule has 1 aromatic heterocycles. The quantitative estimate of drug-likeness (QED) is 0.881. The van der Waals surface area contributed by atoms with Crippen molar-refractivity contribution >= 4 is 5.69 Å². The van der Waals surface area contributed by atoms with Crippen LogP contribution in [0.5, 0.6) is 0 Å². The fraction of sp³-hybridized carbons (Fsp3) is 0.474. The van der Waals surface area contributed by atoms with Gasteiger partial charge in [-0.1, -0.05) is 12.1 Å². The van der Waals surface area contributed by atoms with Gasteiger partial charge in [0.25, 0.3) is 0 Å². The average Bonchev–Trinajstić information content (AvgIpc) is 3.32. The lowest BCUT2D eigenvalue weighted by atomic mass is 10.0. The summed E-state index contributed by atoms with van der Waals surface area (Å²) < 4.78 is 0. The maximum Gasteiger partial charge on any atom is 0.179 e. The fourth-order valence-electron chi connectivity index (χ4n) is 3.81. The Hall–Kier alpha value is -2.48. The highest BCUT2D eigenvalue weighted by atomic mass is 15.2. The van der Waals surface area contributed by atoms with Crippen LogP contribution in [0.25, 0.3) is 11.3 Å². The summed E-state index contributed by atoms with van der Waals surface area (Å²) in [6, 6.07) is 10.9. The van der Waals surface area contributed by atoms with E-state index in [1.54, 1.807) is 0 Å². The number of H-pyrrole nitrogens is 1. The van der Waals surface area contributed by atoms with Gasteiger partial charge >= 0.3 is 0 Å². The summed E-state index contributed by atoms with van der Waals surface area (Å²) in [5.74, 6) is 0.385. The van der Waals surface area contributed by atoms with Crippen molar-refractivity contribution in [2.75, 3.05) is 31.1 Å². The second-order valence-electron chi connectivity index (χ2n) is 6.84. The first-order valence-corrected chi connectivity index (χ1v) is 8.89. The van der Waals surface area contributed by atoms with Crippen LogP contribution in [0.3, 0.4) is 0 Å². The number of anilines is 1. The lowest BCUT2D eigenvalue weighted by Gasteiger charge is -2.29. The monoisotopic (exact) mass is 321 g/mol. The molecule has 0 spiro atoms. The molecule has 5 nitrogen and oxygen atoms in total. The molecule has 0 bridgehead atoms.